The van der Waals surface area contributed by atoms with E-state index >= 15 is 0 Å². The summed E-state index contributed by atoms with van der Waals surface area (Å²) in [5, 5.41) is 0.417. The van der Waals surface area contributed by atoms with Crippen molar-refractivity contribution in [3.8, 4) is 0 Å². The summed E-state index contributed by atoms with van der Waals surface area (Å²) >= 11 is 5.88. The van der Waals surface area contributed by atoms with E-state index in [0.29, 0.717) is 16.8 Å². The van der Waals surface area contributed by atoms with Gasteiger partial charge >= 0.3 is 0 Å². The number of hydrogen-bond acceptors (Lipinski definition) is 3. The van der Waals surface area contributed by atoms with E-state index in [1.807, 2.05) is 4.90 Å². The molecule has 1 aliphatic heterocycles. The summed E-state index contributed by atoms with van der Waals surface area (Å²) in [6.07, 6.45) is 5.97. The monoisotopic (exact) mass is 284 g/mol. The summed E-state index contributed by atoms with van der Waals surface area (Å²) in [6.45, 7) is 0. The summed E-state index contributed by atoms with van der Waals surface area (Å²) in [7, 11) is -3.58. The van der Waals surface area contributed by atoms with Gasteiger partial charge in [0.15, 0.2) is 0 Å². The van der Waals surface area contributed by atoms with Crippen LogP contribution in [0.3, 0.4) is 0 Å². The van der Waals surface area contributed by atoms with Crippen molar-refractivity contribution in [1.82, 2.24) is 0 Å². The number of anilines is 1. The van der Waals surface area contributed by atoms with E-state index in [-0.39, 0.29) is 4.90 Å². The van der Waals surface area contributed by atoms with Crippen LogP contribution >= 0.6 is 11.6 Å². The van der Waals surface area contributed by atoms with Crippen LogP contribution in [0.1, 0.15) is 25.7 Å². The molecule has 0 spiro atoms. The third kappa shape index (κ3) is 1.91. The van der Waals surface area contributed by atoms with E-state index in [9.17, 15) is 8.42 Å². The Hall–Kier alpha value is -1.07. The maximum atomic E-state index is 11.9. The molecule has 0 unspecified atom stereocenters. The normalized spacial score (nSPS) is 22.2. The van der Waals surface area contributed by atoms with Gasteiger partial charge in [0, 0.05) is 11.1 Å². The Labute approximate surface area is 111 Å². The first-order valence-corrected chi connectivity index (χ1v) is 7.78. The largest absolute Gasteiger partial charge is 0.327 e. The highest BCUT2D eigenvalue weighted by Gasteiger charge is 2.30. The van der Waals surface area contributed by atoms with Gasteiger partial charge in [0.1, 0.15) is 11.2 Å². The summed E-state index contributed by atoms with van der Waals surface area (Å²) in [5.41, 5.74) is 0.696. The lowest BCUT2D eigenvalue weighted by atomic mass is 10.2. The molecule has 6 heteroatoms. The molecule has 1 saturated carbocycles. The zero-order valence-corrected chi connectivity index (χ0v) is 11.3. The fourth-order valence-corrected chi connectivity index (χ4v) is 3.90. The zero-order valence-electron chi connectivity index (χ0n) is 9.71. The van der Waals surface area contributed by atoms with Crippen LogP contribution in [0.2, 0.25) is 5.02 Å². The predicted molar refractivity (Wildman–Crippen MR) is 71.9 cm³/mol. The molecule has 1 aromatic rings. The predicted octanol–water partition coefficient (Wildman–Crippen LogP) is 2.82. The topological polar surface area (TPSA) is 49.7 Å². The first-order chi connectivity index (χ1) is 8.58. The summed E-state index contributed by atoms with van der Waals surface area (Å²) in [6, 6.07) is 5.31. The average molecular weight is 285 g/mol. The Morgan fingerprint density at radius 1 is 1.28 bits per heavy atom. The van der Waals surface area contributed by atoms with Gasteiger partial charge < -0.3 is 4.90 Å². The summed E-state index contributed by atoms with van der Waals surface area (Å²) < 4.78 is 27.5. The number of sulfonamides is 1. The second-order valence-corrected chi connectivity index (χ2v) is 6.69. The third-order valence-electron chi connectivity index (χ3n) is 3.51. The van der Waals surface area contributed by atoms with Crippen LogP contribution in [0.5, 0.6) is 0 Å². The Bertz CT molecular complexity index is 607. The number of rotatable bonds is 1. The number of fused-ring (bicyclic) bond motifs is 1. The van der Waals surface area contributed by atoms with Crippen molar-refractivity contribution in [2.24, 2.45) is 4.40 Å². The molecule has 2 aliphatic rings. The van der Waals surface area contributed by atoms with Crippen LogP contribution in [-0.2, 0) is 10.0 Å². The summed E-state index contributed by atoms with van der Waals surface area (Å²) in [5.74, 6) is 0. The molecular formula is C12H13ClN2O2S. The molecule has 0 N–H and O–H groups in total. The van der Waals surface area contributed by atoms with Crippen LogP contribution in [0.4, 0.5) is 5.69 Å². The number of nitrogens with zero attached hydrogens (tertiary/aromatic N) is 2. The lowest BCUT2D eigenvalue weighted by molar-refractivity contribution is 0.595. The van der Waals surface area contributed by atoms with Crippen molar-refractivity contribution in [3.63, 3.8) is 0 Å². The first-order valence-electron chi connectivity index (χ1n) is 5.96. The lowest BCUT2D eigenvalue weighted by Crippen LogP contribution is -2.35. The molecule has 0 atom stereocenters. The van der Waals surface area contributed by atoms with E-state index in [1.54, 1.807) is 12.1 Å². The van der Waals surface area contributed by atoms with Crippen LogP contribution in [0.25, 0.3) is 0 Å². The highest BCUT2D eigenvalue weighted by molar-refractivity contribution is 7.90. The fraction of sp³-hybridized carbons (Fsp3) is 0.417. The average Bonchev–Trinajstić information content (AvgIpc) is 2.83. The molecule has 1 heterocycles. The number of benzene rings is 1. The molecule has 4 nitrogen and oxygen atoms in total. The molecule has 1 aromatic carbocycles. The van der Waals surface area contributed by atoms with Crippen molar-refractivity contribution < 1.29 is 8.42 Å². The van der Waals surface area contributed by atoms with Crippen molar-refractivity contribution in [3.05, 3.63) is 23.2 Å². The third-order valence-corrected chi connectivity index (χ3v) is 5.00. The van der Waals surface area contributed by atoms with Crippen LogP contribution in [0, 0.1) is 0 Å². The Balaban J connectivity index is 2.11. The van der Waals surface area contributed by atoms with Gasteiger partial charge in [-0.05, 0) is 31.0 Å². The zero-order chi connectivity index (χ0) is 12.8. The molecule has 0 amide bonds. The van der Waals surface area contributed by atoms with Gasteiger partial charge in [0.05, 0.1) is 5.69 Å². The fourth-order valence-electron chi connectivity index (χ4n) is 2.61. The number of halogens is 1. The van der Waals surface area contributed by atoms with Crippen molar-refractivity contribution >= 4 is 33.7 Å². The Morgan fingerprint density at radius 3 is 2.72 bits per heavy atom. The van der Waals surface area contributed by atoms with E-state index < -0.39 is 10.0 Å². The Kier molecular flexibility index (Phi) is 2.83. The molecule has 0 radical (unpaired) electrons. The van der Waals surface area contributed by atoms with Gasteiger partial charge in [0.25, 0.3) is 10.0 Å². The van der Waals surface area contributed by atoms with Crippen LogP contribution in [0.15, 0.2) is 27.5 Å². The smallest absolute Gasteiger partial charge is 0.285 e. The van der Waals surface area contributed by atoms with E-state index in [0.717, 1.165) is 12.8 Å². The van der Waals surface area contributed by atoms with Gasteiger partial charge in [0.2, 0.25) is 0 Å². The van der Waals surface area contributed by atoms with Crippen molar-refractivity contribution in [2.75, 3.05) is 4.90 Å². The quantitative estimate of drug-likeness (QED) is 0.797. The minimum atomic E-state index is -3.58. The molecule has 96 valence electrons. The van der Waals surface area contributed by atoms with Gasteiger partial charge in [-0.3, -0.25) is 0 Å². The molecule has 0 aromatic heterocycles. The van der Waals surface area contributed by atoms with Crippen LogP contribution in [-0.4, -0.2) is 20.8 Å². The lowest BCUT2D eigenvalue weighted by Gasteiger charge is -2.30. The molecule has 18 heavy (non-hydrogen) atoms. The maximum Gasteiger partial charge on any atom is 0.285 e. The van der Waals surface area contributed by atoms with E-state index in [4.69, 9.17) is 11.6 Å². The highest BCUT2D eigenvalue weighted by Crippen LogP contribution is 2.36. The molecule has 1 aliphatic carbocycles. The van der Waals surface area contributed by atoms with E-state index in [2.05, 4.69) is 4.40 Å². The first kappa shape index (κ1) is 12.0. The highest BCUT2D eigenvalue weighted by atomic mass is 35.5. The molecule has 3 rings (SSSR count). The van der Waals surface area contributed by atoms with Crippen molar-refractivity contribution in [1.29, 1.82) is 0 Å². The molecule has 0 saturated heterocycles. The second-order valence-electron chi connectivity index (χ2n) is 4.65. The maximum absolute atomic E-state index is 11.9. The van der Waals surface area contributed by atoms with E-state index in [1.165, 1.54) is 25.2 Å². The SMILES string of the molecule is O=S1(=O)N=CN(C2CCCC2)c2ccc(Cl)cc21. The van der Waals surface area contributed by atoms with Gasteiger partial charge in [-0.25, -0.2) is 0 Å². The summed E-state index contributed by atoms with van der Waals surface area (Å²) in [4.78, 5) is 2.18. The minimum Gasteiger partial charge on any atom is -0.327 e. The van der Waals surface area contributed by atoms with Gasteiger partial charge in [-0.1, -0.05) is 24.4 Å². The van der Waals surface area contributed by atoms with Crippen LogP contribution < -0.4 is 4.90 Å². The minimum absolute atomic E-state index is 0.212. The van der Waals surface area contributed by atoms with Gasteiger partial charge in [-0.2, -0.15) is 8.42 Å². The second kappa shape index (κ2) is 4.24. The number of hydrogen-bond donors (Lipinski definition) is 0. The molecule has 1 fully saturated rings. The van der Waals surface area contributed by atoms with Gasteiger partial charge in [-0.15, -0.1) is 4.40 Å². The molecule has 0 bridgehead atoms. The standard InChI is InChI=1S/C12H13ClN2O2S/c13-9-5-6-11-12(7-9)18(16,17)14-8-15(11)10-3-1-2-4-10/h5-8,10H,1-4H2. The Morgan fingerprint density at radius 2 is 2.00 bits per heavy atom. The van der Waals surface area contributed by atoms with Crippen molar-refractivity contribution in [2.45, 2.75) is 36.6 Å². The molecular weight excluding hydrogens is 272 g/mol.